The van der Waals surface area contributed by atoms with Crippen LogP contribution in [0.1, 0.15) is 132 Å². The molecule has 6 aromatic heterocycles. The van der Waals surface area contributed by atoms with Gasteiger partial charge in [-0.25, -0.2) is 15.0 Å². The molecule has 0 amide bonds. The van der Waals surface area contributed by atoms with Crippen LogP contribution in [0.5, 0.6) is 0 Å². The molecule has 3 saturated carbocycles. The van der Waals surface area contributed by atoms with E-state index >= 15 is 0 Å². The first-order chi connectivity index (χ1) is 31.6. The highest BCUT2D eigenvalue weighted by molar-refractivity contribution is 7.10. The lowest BCUT2D eigenvalue weighted by Gasteiger charge is -2.42. The maximum absolute atomic E-state index is 14.9. The van der Waals surface area contributed by atoms with E-state index in [1.807, 2.05) is 6.92 Å². The van der Waals surface area contributed by atoms with E-state index in [9.17, 15) is 14.4 Å². The van der Waals surface area contributed by atoms with Crippen LogP contribution in [0.2, 0.25) is 0 Å². The summed E-state index contributed by atoms with van der Waals surface area (Å²) in [5, 5.41) is 24.4. The highest BCUT2D eigenvalue weighted by Crippen LogP contribution is 2.55. The molecule has 0 bridgehead atoms. The number of aromatic nitrogens is 6. The number of rotatable bonds is 7. The number of H-pyrrole nitrogens is 1. The number of nitrogens with one attached hydrogen (secondary N) is 1. The van der Waals surface area contributed by atoms with Crippen LogP contribution in [0.25, 0.3) is 0 Å². The number of thiophene rings is 3. The number of hydrogen-bond acceptors (Lipinski definition) is 12. The van der Waals surface area contributed by atoms with E-state index in [-0.39, 0.29) is 52.4 Å². The van der Waals surface area contributed by atoms with Crippen molar-refractivity contribution in [1.29, 1.82) is 0 Å². The van der Waals surface area contributed by atoms with E-state index < -0.39 is 16.7 Å². The minimum absolute atomic E-state index is 0.0988. The van der Waals surface area contributed by atoms with Crippen molar-refractivity contribution in [2.45, 2.75) is 118 Å². The van der Waals surface area contributed by atoms with Crippen LogP contribution in [0.4, 0.5) is 17.5 Å². The smallest absolute Gasteiger partial charge is 0.177 e. The molecule has 0 spiro atoms. The Kier molecular flexibility index (Phi) is 9.49. The first kappa shape index (κ1) is 42.1. The molecule has 15 heteroatoms. The minimum atomic E-state index is -0.474. The van der Waals surface area contributed by atoms with Crippen molar-refractivity contribution in [3.8, 4) is 0 Å². The molecule has 12 nitrogen and oxygen atoms in total. The summed E-state index contributed by atoms with van der Waals surface area (Å²) in [4.78, 5) is 62.4. The van der Waals surface area contributed by atoms with Gasteiger partial charge in [-0.1, -0.05) is 45.9 Å². The maximum atomic E-state index is 14.9. The number of aliphatic imine (C=N–C) groups is 3. The average Bonchev–Trinajstić information content (AvgIpc) is 4.11. The molecule has 8 unspecified atom stereocenters. The molecule has 338 valence electrons. The molecule has 1 N–H and O–H groups in total. The van der Waals surface area contributed by atoms with Gasteiger partial charge in [-0.15, -0.1) is 34.0 Å². The summed E-state index contributed by atoms with van der Waals surface area (Å²) < 4.78 is 4.12. The summed E-state index contributed by atoms with van der Waals surface area (Å²) in [6, 6.07) is 12.6. The Hall–Kier alpha value is -5.25. The molecular weight excluding hydrogens is 883 g/mol. The minimum Gasteiger partial charge on any atom is -0.299 e. The van der Waals surface area contributed by atoms with Gasteiger partial charge < -0.3 is 0 Å². The molecule has 6 aromatic rings. The lowest BCUT2D eigenvalue weighted by atomic mass is 9.63. The fraction of sp³-hybridized carbons (Fsp3) is 0.471. The van der Waals surface area contributed by atoms with E-state index in [4.69, 9.17) is 25.2 Å². The van der Waals surface area contributed by atoms with Crippen molar-refractivity contribution >= 4 is 85.9 Å². The average molecular weight is 936 g/mol. The van der Waals surface area contributed by atoms with Gasteiger partial charge in [0.1, 0.15) is 17.3 Å². The predicted octanol–water partition coefficient (Wildman–Crippen LogP) is 10.9. The molecule has 8 atom stereocenters. The first-order valence-corrected chi connectivity index (χ1v) is 25.8. The summed E-state index contributed by atoms with van der Waals surface area (Å²) >= 11 is 5.05. The topological polar surface area (TPSA) is 153 Å². The van der Waals surface area contributed by atoms with E-state index in [0.717, 1.165) is 72.0 Å². The first-order valence-electron chi connectivity index (χ1n) is 23.2. The Morgan fingerprint density at radius 3 is 1.39 bits per heavy atom. The van der Waals surface area contributed by atoms with Crippen LogP contribution in [-0.4, -0.2) is 64.2 Å². The van der Waals surface area contributed by atoms with Gasteiger partial charge in [-0.3, -0.25) is 28.8 Å². The van der Waals surface area contributed by atoms with Crippen molar-refractivity contribution in [2.75, 3.05) is 0 Å². The number of aryl methyl sites for hydroxylation is 1. The molecule has 0 aromatic carbocycles. The Bertz CT molecular complexity index is 3090. The van der Waals surface area contributed by atoms with Crippen molar-refractivity contribution in [3.63, 3.8) is 0 Å². The van der Waals surface area contributed by atoms with E-state index in [1.54, 1.807) is 34.0 Å². The zero-order valence-electron chi connectivity index (χ0n) is 38.3. The third-order valence-corrected chi connectivity index (χ3v) is 18.4. The molecule has 3 aliphatic heterocycles. The van der Waals surface area contributed by atoms with Crippen LogP contribution in [0.3, 0.4) is 0 Å². The van der Waals surface area contributed by atoms with Gasteiger partial charge in [0.25, 0.3) is 0 Å². The van der Waals surface area contributed by atoms with Crippen LogP contribution < -0.4 is 0 Å². The molecule has 66 heavy (non-hydrogen) atoms. The van der Waals surface area contributed by atoms with Crippen LogP contribution in [-0.2, 0) is 27.5 Å². The zero-order valence-corrected chi connectivity index (χ0v) is 40.8. The van der Waals surface area contributed by atoms with Gasteiger partial charge in [0.05, 0.1) is 17.8 Å². The Labute approximate surface area is 395 Å². The Morgan fingerprint density at radius 1 is 0.545 bits per heavy atom. The van der Waals surface area contributed by atoms with Crippen molar-refractivity contribution in [1.82, 2.24) is 29.8 Å². The van der Waals surface area contributed by atoms with E-state index in [2.05, 4.69) is 114 Å². The van der Waals surface area contributed by atoms with Crippen molar-refractivity contribution in [3.05, 3.63) is 101 Å². The normalized spacial score (nSPS) is 29.8. The quantitative estimate of drug-likeness (QED) is 0.168. The van der Waals surface area contributed by atoms with E-state index in [1.165, 1.54) is 0 Å². The third-order valence-electron chi connectivity index (χ3n) is 15.6. The second kappa shape index (κ2) is 14.9. The SMILES string of the molecule is Cc1[nH]nc2c1C(c1cccs1)C1C(=O)CC(C)(Cn3nc4c(c3C)C(c3cccs3)C3C(=O)CC(C)(Cn5nc6c(c5C)C(c5cccs5)C5C(=O)CC(C)(C)CC5=N6)CC3=N4)CC1=N2. The number of hydrogen-bond donors (Lipinski definition) is 1. The van der Waals surface area contributed by atoms with Crippen LogP contribution >= 0.6 is 34.0 Å². The predicted molar refractivity (Wildman–Crippen MR) is 260 cm³/mol. The zero-order chi connectivity index (χ0) is 45.6. The fourth-order valence-electron chi connectivity index (χ4n) is 12.9. The molecule has 12 rings (SSSR count). The van der Waals surface area contributed by atoms with Crippen LogP contribution in [0, 0.1) is 54.8 Å². The highest BCUT2D eigenvalue weighted by Gasteiger charge is 2.53. The van der Waals surface area contributed by atoms with Gasteiger partial charge in [0.2, 0.25) is 0 Å². The summed E-state index contributed by atoms with van der Waals surface area (Å²) in [7, 11) is 0. The summed E-state index contributed by atoms with van der Waals surface area (Å²) in [6.45, 7) is 15.9. The van der Waals surface area contributed by atoms with Crippen molar-refractivity contribution < 1.29 is 14.4 Å². The fourth-order valence-corrected chi connectivity index (χ4v) is 15.5. The molecule has 0 radical (unpaired) electrons. The summed E-state index contributed by atoms with van der Waals surface area (Å²) in [5.41, 5.74) is 7.65. The van der Waals surface area contributed by atoms with E-state index in [0.29, 0.717) is 62.6 Å². The molecule has 3 aliphatic carbocycles. The largest absolute Gasteiger partial charge is 0.299 e. The third kappa shape index (κ3) is 6.57. The number of Topliss-reactive ketones (excluding diaryl/α,β-unsaturated/α-hetero) is 3. The van der Waals surface area contributed by atoms with Gasteiger partial charge in [-0.2, -0.15) is 15.3 Å². The standard InChI is InChI=1S/C51H53N9O3S3/c1-25-37-43(34-11-8-14-64-34)41-29(52-46(37)56-55-25)18-50(6,21-32(41)62)23-60-27(3)39-45(36-13-10-16-66-36)42-30(54-48(39)58-60)19-51(7,22-33(42)63)24-59-26(2)38-44(35-12-9-15-65-35)40-28(53-47(38)57-59)17-49(4,5)20-31(40)61/h8-16,40-45H,17-24H2,1-7H3,(H,55,56). The Balaban J connectivity index is 0.873. The second-order valence-electron chi connectivity index (χ2n) is 21.5. The monoisotopic (exact) mass is 935 g/mol. The number of fused-ring (bicyclic) bond motifs is 6. The highest BCUT2D eigenvalue weighted by atomic mass is 32.1. The maximum Gasteiger partial charge on any atom is 0.177 e. The van der Waals surface area contributed by atoms with Gasteiger partial charge in [-0.05, 0) is 90.6 Å². The number of carbonyl (C=O) groups excluding carboxylic acids is 3. The lowest BCUT2D eigenvalue weighted by Crippen LogP contribution is -2.45. The molecule has 9 heterocycles. The number of nitrogens with zero attached hydrogens (tertiary/aromatic N) is 8. The molecule has 6 aliphatic rings. The van der Waals surface area contributed by atoms with Gasteiger partial charge >= 0.3 is 0 Å². The van der Waals surface area contributed by atoms with Crippen molar-refractivity contribution in [2.24, 2.45) is 49.0 Å². The van der Waals surface area contributed by atoms with Gasteiger partial charge in [0, 0.05) is 116 Å². The summed E-state index contributed by atoms with van der Waals surface area (Å²) in [6.07, 6.45) is 3.36. The second-order valence-corrected chi connectivity index (χ2v) is 24.5. The number of aromatic amines is 1. The van der Waals surface area contributed by atoms with Crippen LogP contribution in [0.15, 0.2) is 67.5 Å². The number of carbonyl (C=O) groups is 3. The van der Waals surface area contributed by atoms with Gasteiger partial charge in [0.15, 0.2) is 17.5 Å². The molecular formula is C51H53N9O3S3. The number of ketones is 3. The lowest BCUT2D eigenvalue weighted by molar-refractivity contribution is -0.125. The summed E-state index contributed by atoms with van der Waals surface area (Å²) in [5.74, 6) is 1.26. The molecule has 0 saturated heterocycles. The Morgan fingerprint density at radius 2 is 0.955 bits per heavy atom. The molecule has 3 fully saturated rings.